The minimum absolute atomic E-state index is 0.823. The Bertz CT molecular complexity index is 724. The number of aromatic nitrogens is 3. The van der Waals surface area contributed by atoms with Crippen LogP contribution in [0.3, 0.4) is 0 Å². The Kier molecular flexibility index (Phi) is 3.92. The lowest BCUT2D eigenvalue weighted by Crippen LogP contribution is -2.16. The fourth-order valence-corrected chi connectivity index (χ4v) is 2.86. The Hall–Kier alpha value is -2.27. The molecule has 0 saturated heterocycles. The smallest absolute Gasteiger partial charge is 0.208 e. The molecule has 3 aromatic rings. The monoisotopic (exact) mass is 296 g/mol. The van der Waals surface area contributed by atoms with E-state index < -0.39 is 0 Å². The molecule has 1 aromatic carbocycles. The van der Waals surface area contributed by atoms with Gasteiger partial charge < -0.3 is 4.90 Å². The molecule has 2 aromatic heterocycles. The van der Waals surface area contributed by atoms with Gasteiger partial charge in [-0.2, -0.15) is 0 Å². The molecule has 0 atom stereocenters. The van der Waals surface area contributed by atoms with E-state index >= 15 is 0 Å². The molecule has 106 valence electrons. The number of benzene rings is 1. The summed E-state index contributed by atoms with van der Waals surface area (Å²) in [4.78, 5) is 6.43. The van der Waals surface area contributed by atoms with Gasteiger partial charge in [0, 0.05) is 19.8 Å². The molecule has 0 fully saturated rings. The van der Waals surface area contributed by atoms with Crippen LogP contribution in [0.15, 0.2) is 48.7 Å². The van der Waals surface area contributed by atoms with Crippen molar-refractivity contribution in [1.29, 1.82) is 0 Å². The first kappa shape index (κ1) is 13.7. The normalized spacial score (nSPS) is 10.6. The number of aryl methyl sites for hydroxylation is 1. The van der Waals surface area contributed by atoms with E-state index in [0.29, 0.717) is 0 Å². The highest BCUT2D eigenvalue weighted by Gasteiger charge is 2.12. The van der Waals surface area contributed by atoms with Crippen LogP contribution in [0.2, 0.25) is 0 Å². The largest absolute Gasteiger partial charge is 0.345 e. The van der Waals surface area contributed by atoms with Gasteiger partial charge in [0.1, 0.15) is 5.69 Å². The Morgan fingerprint density at radius 3 is 2.62 bits per heavy atom. The minimum atomic E-state index is 0.823. The maximum atomic E-state index is 4.31. The van der Waals surface area contributed by atoms with E-state index in [1.807, 2.05) is 25.2 Å². The molecule has 0 N–H and O–H groups in total. The number of anilines is 1. The maximum Gasteiger partial charge on any atom is 0.208 e. The summed E-state index contributed by atoms with van der Waals surface area (Å²) in [6.07, 6.45) is 1.77. The second-order valence-electron chi connectivity index (χ2n) is 4.89. The van der Waals surface area contributed by atoms with Crippen molar-refractivity contribution in [2.45, 2.75) is 13.5 Å². The molecule has 3 rings (SSSR count). The predicted octanol–water partition coefficient (Wildman–Crippen LogP) is 3.54. The third-order valence-corrected chi connectivity index (χ3v) is 4.35. The van der Waals surface area contributed by atoms with Crippen LogP contribution in [-0.2, 0) is 6.54 Å². The van der Waals surface area contributed by atoms with Crippen molar-refractivity contribution in [3.05, 3.63) is 59.8 Å². The van der Waals surface area contributed by atoms with Gasteiger partial charge >= 0.3 is 0 Å². The number of hydrogen-bond acceptors (Lipinski definition) is 5. The molecule has 0 aliphatic heterocycles. The third kappa shape index (κ3) is 3.08. The van der Waals surface area contributed by atoms with Gasteiger partial charge in [0.15, 0.2) is 5.01 Å². The average Bonchev–Trinajstić information content (AvgIpc) is 3.00. The van der Waals surface area contributed by atoms with Crippen LogP contribution in [0.4, 0.5) is 5.13 Å². The molecule has 0 unspecified atom stereocenters. The van der Waals surface area contributed by atoms with Crippen molar-refractivity contribution in [2.24, 2.45) is 0 Å². The number of rotatable bonds is 4. The van der Waals surface area contributed by atoms with Gasteiger partial charge in [-0.25, -0.2) is 0 Å². The van der Waals surface area contributed by atoms with Gasteiger partial charge in [-0.3, -0.25) is 4.98 Å². The van der Waals surface area contributed by atoms with E-state index in [-0.39, 0.29) is 0 Å². The lowest BCUT2D eigenvalue weighted by Gasteiger charge is -2.16. The lowest BCUT2D eigenvalue weighted by atomic mass is 10.1. The van der Waals surface area contributed by atoms with Crippen LogP contribution in [0, 0.1) is 6.92 Å². The zero-order chi connectivity index (χ0) is 14.7. The Balaban J connectivity index is 1.79. The molecule has 0 saturated carbocycles. The van der Waals surface area contributed by atoms with E-state index in [0.717, 1.165) is 22.4 Å². The van der Waals surface area contributed by atoms with Crippen molar-refractivity contribution in [3.63, 3.8) is 0 Å². The van der Waals surface area contributed by atoms with Crippen molar-refractivity contribution < 1.29 is 0 Å². The summed E-state index contributed by atoms with van der Waals surface area (Å²) < 4.78 is 0. The Morgan fingerprint density at radius 1 is 1.05 bits per heavy atom. The molecule has 0 amide bonds. The first-order chi connectivity index (χ1) is 10.2. The lowest BCUT2D eigenvalue weighted by molar-refractivity contribution is 0.888. The molecule has 21 heavy (non-hydrogen) atoms. The van der Waals surface area contributed by atoms with Gasteiger partial charge in [0.25, 0.3) is 0 Å². The molecule has 5 heteroatoms. The van der Waals surface area contributed by atoms with Gasteiger partial charge in [-0.15, -0.1) is 10.2 Å². The van der Waals surface area contributed by atoms with Crippen LogP contribution in [0.25, 0.3) is 10.7 Å². The van der Waals surface area contributed by atoms with Crippen LogP contribution >= 0.6 is 11.3 Å². The summed E-state index contributed by atoms with van der Waals surface area (Å²) in [5.74, 6) is 0. The number of pyridine rings is 1. The van der Waals surface area contributed by atoms with E-state index in [1.165, 1.54) is 11.1 Å². The molecule has 0 radical (unpaired) electrons. The SMILES string of the molecule is Cc1ccccc1CN(C)c1nnc(-c2ccccn2)s1. The highest BCUT2D eigenvalue weighted by Crippen LogP contribution is 2.27. The summed E-state index contributed by atoms with van der Waals surface area (Å²) in [7, 11) is 2.04. The zero-order valence-electron chi connectivity index (χ0n) is 12.0. The molecule has 0 aliphatic carbocycles. The summed E-state index contributed by atoms with van der Waals surface area (Å²) in [5, 5.41) is 10.3. The topological polar surface area (TPSA) is 41.9 Å². The van der Waals surface area contributed by atoms with Crippen molar-refractivity contribution in [3.8, 4) is 10.7 Å². The number of hydrogen-bond donors (Lipinski definition) is 0. The molecular weight excluding hydrogens is 280 g/mol. The van der Waals surface area contributed by atoms with Gasteiger partial charge in [0.05, 0.1) is 0 Å². The molecular formula is C16H16N4S. The summed E-state index contributed by atoms with van der Waals surface area (Å²) >= 11 is 1.56. The van der Waals surface area contributed by atoms with Crippen molar-refractivity contribution >= 4 is 16.5 Å². The van der Waals surface area contributed by atoms with Crippen LogP contribution in [0.1, 0.15) is 11.1 Å². The fraction of sp³-hybridized carbons (Fsp3) is 0.188. The van der Waals surface area contributed by atoms with Crippen molar-refractivity contribution in [1.82, 2.24) is 15.2 Å². The molecule has 0 bridgehead atoms. The van der Waals surface area contributed by atoms with Crippen LogP contribution in [0.5, 0.6) is 0 Å². The highest BCUT2D eigenvalue weighted by molar-refractivity contribution is 7.18. The van der Waals surface area contributed by atoms with Gasteiger partial charge in [-0.1, -0.05) is 41.7 Å². The van der Waals surface area contributed by atoms with E-state index in [4.69, 9.17) is 0 Å². The minimum Gasteiger partial charge on any atom is -0.345 e. The van der Waals surface area contributed by atoms with Crippen LogP contribution in [-0.4, -0.2) is 22.2 Å². The highest BCUT2D eigenvalue weighted by atomic mass is 32.1. The standard InChI is InChI=1S/C16H16N4S/c1-12-7-3-4-8-13(12)11-20(2)16-19-18-15(21-16)14-9-5-6-10-17-14/h3-10H,11H2,1-2H3. The number of nitrogens with zero attached hydrogens (tertiary/aromatic N) is 4. The third-order valence-electron chi connectivity index (χ3n) is 3.29. The van der Waals surface area contributed by atoms with Gasteiger partial charge in [0.2, 0.25) is 5.13 Å². The summed E-state index contributed by atoms with van der Waals surface area (Å²) in [5.41, 5.74) is 3.46. The first-order valence-corrected chi connectivity index (χ1v) is 7.56. The molecule has 0 aliphatic rings. The Labute approximate surface area is 128 Å². The van der Waals surface area contributed by atoms with E-state index in [1.54, 1.807) is 17.5 Å². The van der Waals surface area contributed by atoms with Gasteiger partial charge in [-0.05, 0) is 30.2 Å². The summed E-state index contributed by atoms with van der Waals surface area (Å²) in [6.45, 7) is 2.95. The molecule has 0 spiro atoms. The van der Waals surface area contributed by atoms with E-state index in [2.05, 4.69) is 51.3 Å². The van der Waals surface area contributed by atoms with Crippen molar-refractivity contribution in [2.75, 3.05) is 11.9 Å². The van der Waals surface area contributed by atoms with Crippen LogP contribution < -0.4 is 4.90 Å². The zero-order valence-corrected chi connectivity index (χ0v) is 12.8. The second kappa shape index (κ2) is 6.01. The quantitative estimate of drug-likeness (QED) is 0.738. The molecule has 4 nitrogen and oxygen atoms in total. The van der Waals surface area contributed by atoms with E-state index in [9.17, 15) is 0 Å². The predicted molar refractivity (Wildman–Crippen MR) is 86.4 cm³/mol. The summed E-state index contributed by atoms with van der Waals surface area (Å²) in [6, 6.07) is 14.2. The molecule has 2 heterocycles. The first-order valence-electron chi connectivity index (χ1n) is 6.74. The average molecular weight is 296 g/mol. The second-order valence-corrected chi connectivity index (χ2v) is 5.84. The maximum absolute atomic E-state index is 4.31. The Morgan fingerprint density at radius 2 is 1.86 bits per heavy atom. The fourth-order valence-electron chi connectivity index (χ4n) is 2.07.